The van der Waals surface area contributed by atoms with Gasteiger partial charge in [0.15, 0.2) is 0 Å². The Kier molecular flexibility index (Phi) is 7.03. The molecule has 3 rings (SSSR count). The highest BCUT2D eigenvalue weighted by atomic mass is 35.5. The number of benzene rings is 1. The number of carbonyl (C=O) groups excluding carboxylic acids is 1. The molecule has 6 nitrogen and oxygen atoms in total. The molecule has 0 aliphatic carbocycles. The molecule has 2 saturated heterocycles. The minimum atomic E-state index is -3.73. The first-order valence-corrected chi connectivity index (χ1v) is 11.5. The summed E-state index contributed by atoms with van der Waals surface area (Å²) in [7, 11) is -3.73. The summed E-state index contributed by atoms with van der Waals surface area (Å²) in [4.78, 5) is 16.4. The molecule has 2 aliphatic heterocycles. The third-order valence-corrected chi connectivity index (χ3v) is 8.05. The van der Waals surface area contributed by atoms with E-state index in [4.69, 9.17) is 23.2 Å². The lowest BCUT2D eigenvalue weighted by atomic mass is 10.1. The summed E-state index contributed by atoms with van der Waals surface area (Å²) < 4.78 is 27.2. The molecule has 0 N–H and O–H groups in total. The van der Waals surface area contributed by atoms with Gasteiger partial charge in [-0.2, -0.15) is 4.31 Å². The number of sulfonamides is 1. The van der Waals surface area contributed by atoms with Gasteiger partial charge in [-0.1, -0.05) is 29.3 Å². The van der Waals surface area contributed by atoms with Gasteiger partial charge in [0.05, 0.1) is 10.0 Å². The molecule has 0 atom stereocenters. The first-order valence-electron chi connectivity index (χ1n) is 9.34. The third kappa shape index (κ3) is 4.95. The monoisotopic (exact) mass is 433 g/mol. The fraction of sp³-hybridized carbons (Fsp3) is 0.611. The molecule has 0 saturated carbocycles. The van der Waals surface area contributed by atoms with Crippen molar-refractivity contribution < 1.29 is 13.2 Å². The second-order valence-electron chi connectivity index (χ2n) is 6.99. The Bertz CT molecular complexity index is 754. The summed E-state index contributed by atoms with van der Waals surface area (Å²) in [6.07, 6.45) is 3.87. The molecule has 27 heavy (non-hydrogen) atoms. The van der Waals surface area contributed by atoms with Crippen molar-refractivity contribution in [2.45, 2.75) is 30.6 Å². The minimum absolute atomic E-state index is 0.0259. The zero-order valence-corrected chi connectivity index (χ0v) is 17.6. The predicted octanol–water partition coefficient (Wildman–Crippen LogP) is 2.70. The van der Waals surface area contributed by atoms with Crippen molar-refractivity contribution in [3.63, 3.8) is 0 Å². The predicted molar refractivity (Wildman–Crippen MR) is 107 cm³/mol. The molecular weight excluding hydrogens is 409 g/mol. The maximum Gasteiger partial charge on any atom is 0.246 e. The van der Waals surface area contributed by atoms with E-state index < -0.39 is 10.0 Å². The van der Waals surface area contributed by atoms with Gasteiger partial charge in [0.25, 0.3) is 0 Å². The Hall–Kier alpha value is -0.860. The number of likely N-dealkylation sites (tertiary alicyclic amines) is 1. The zero-order chi connectivity index (χ0) is 19.4. The van der Waals surface area contributed by atoms with Crippen molar-refractivity contribution in [1.82, 2.24) is 14.1 Å². The number of carbonyl (C=O) groups is 1. The van der Waals surface area contributed by atoms with Crippen LogP contribution in [0, 0.1) is 0 Å². The highest BCUT2D eigenvalue weighted by Gasteiger charge is 2.32. The van der Waals surface area contributed by atoms with Gasteiger partial charge in [0.2, 0.25) is 15.9 Å². The van der Waals surface area contributed by atoms with Gasteiger partial charge < -0.3 is 9.80 Å². The summed E-state index contributed by atoms with van der Waals surface area (Å²) in [5.74, 6) is 0.201. The molecule has 0 spiro atoms. The van der Waals surface area contributed by atoms with Crippen LogP contribution in [0.4, 0.5) is 0 Å². The van der Waals surface area contributed by atoms with Crippen LogP contribution in [0.1, 0.15) is 25.7 Å². The number of hydrogen-bond acceptors (Lipinski definition) is 4. The number of piperidine rings is 1. The number of hydrogen-bond donors (Lipinski definition) is 0. The van der Waals surface area contributed by atoms with Crippen molar-refractivity contribution in [3.8, 4) is 0 Å². The van der Waals surface area contributed by atoms with Crippen molar-refractivity contribution in [3.05, 3.63) is 28.2 Å². The van der Waals surface area contributed by atoms with E-state index in [9.17, 15) is 13.2 Å². The largest absolute Gasteiger partial charge is 0.343 e. The number of halogens is 2. The SMILES string of the molecule is O=C(CCN1CCN(S(=O)(=O)c2c(Cl)cccc2Cl)CC1)N1CCCCC1. The summed E-state index contributed by atoms with van der Waals surface area (Å²) in [5.41, 5.74) is 0. The molecular formula is C18H25Cl2N3O3S. The molecule has 2 aliphatic rings. The van der Waals surface area contributed by atoms with Gasteiger partial charge in [0.1, 0.15) is 4.90 Å². The smallest absolute Gasteiger partial charge is 0.246 e. The molecule has 0 unspecified atom stereocenters. The Morgan fingerprint density at radius 3 is 2.11 bits per heavy atom. The van der Waals surface area contributed by atoms with Gasteiger partial charge in [-0.3, -0.25) is 4.79 Å². The molecule has 2 heterocycles. The lowest BCUT2D eigenvalue weighted by Gasteiger charge is -2.34. The van der Waals surface area contributed by atoms with Crippen LogP contribution in [0.5, 0.6) is 0 Å². The van der Waals surface area contributed by atoms with E-state index in [1.165, 1.54) is 22.9 Å². The maximum absolute atomic E-state index is 12.9. The lowest BCUT2D eigenvalue weighted by molar-refractivity contribution is -0.132. The maximum atomic E-state index is 12.9. The standard InChI is InChI=1S/C18H25Cl2N3O3S/c19-15-5-4-6-16(20)18(15)27(25,26)23-13-11-21(12-14-23)10-7-17(24)22-8-2-1-3-9-22/h4-6H,1-3,7-14H2. The summed E-state index contributed by atoms with van der Waals surface area (Å²) >= 11 is 12.2. The molecule has 1 aromatic rings. The van der Waals surface area contributed by atoms with E-state index in [0.717, 1.165) is 25.9 Å². The molecule has 150 valence electrons. The Morgan fingerprint density at radius 2 is 1.52 bits per heavy atom. The molecule has 9 heteroatoms. The quantitative estimate of drug-likeness (QED) is 0.715. The van der Waals surface area contributed by atoms with Crippen molar-refractivity contribution in [2.24, 2.45) is 0 Å². The Morgan fingerprint density at radius 1 is 0.926 bits per heavy atom. The fourth-order valence-corrected chi connectivity index (χ4v) is 6.12. The number of piperazine rings is 1. The van der Waals surface area contributed by atoms with E-state index >= 15 is 0 Å². The van der Waals surface area contributed by atoms with Crippen LogP contribution in [0.3, 0.4) is 0 Å². The van der Waals surface area contributed by atoms with Gasteiger partial charge in [-0.15, -0.1) is 0 Å². The minimum Gasteiger partial charge on any atom is -0.343 e. The Balaban J connectivity index is 1.53. The second-order valence-corrected chi connectivity index (χ2v) is 9.68. The normalized spacial score (nSPS) is 20.0. The average molecular weight is 434 g/mol. The molecule has 2 fully saturated rings. The number of rotatable bonds is 5. The van der Waals surface area contributed by atoms with Crippen molar-refractivity contribution >= 4 is 39.1 Å². The topological polar surface area (TPSA) is 60.9 Å². The summed E-state index contributed by atoms with van der Waals surface area (Å²) in [6.45, 7) is 4.30. The van der Waals surface area contributed by atoms with Crippen LogP contribution in [0.15, 0.2) is 23.1 Å². The van der Waals surface area contributed by atoms with Crippen LogP contribution >= 0.6 is 23.2 Å². The highest BCUT2D eigenvalue weighted by Crippen LogP contribution is 2.31. The van der Waals surface area contributed by atoms with E-state index in [2.05, 4.69) is 4.90 Å². The fourth-order valence-electron chi connectivity index (χ4n) is 3.61. The van der Waals surface area contributed by atoms with Crippen LogP contribution < -0.4 is 0 Å². The van der Waals surface area contributed by atoms with Crippen LogP contribution in [-0.4, -0.2) is 74.2 Å². The van der Waals surface area contributed by atoms with Crippen molar-refractivity contribution in [2.75, 3.05) is 45.8 Å². The number of amides is 1. The van der Waals surface area contributed by atoms with Gasteiger partial charge in [0, 0.05) is 52.2 Å². The van der Waals surface area contributed by atoms with E-state index in [1.807, 2.05) is 4.90 Å². The van der Waals surface area contributed by atoms with E-state index in [-0.39, 0.29) is 20.8 Å². The van der Waals surface area contributed by atoms with Crippen molar-refractivity contribution in [1.29, 1.82) is 0 Å². The number of nitrogens with zero attached hydrogens (tertiary/aromatic N) is 3. The first kappa shape index (κ1) is 20.9. The van der Waals surface area contributed by atoms with Crippen LogP contribution in [0.25, 0.3) is 0 Å². The van der Waals surface area contributed by atoms with Crippen LogP contribution in [-0.2, 0) is 14.8 Å². The molecule has 1 amide bonds. The molecule has 0 radical (unpaired) electrons. The van der Waals surface area contributed by atoms with E-state index in [1.54, 1.807) is 6.07 Å². The molecule has 0 bridgehead atoms. The van der Waals surface area contributed by atoms with Gasteiger partial charge >= 0.3 is 0 Å². The average Bonchev–Trinajstić information content (AvgIpc) is 2.67. The zero-order valence-electron chi connectivity index (χ0n) is 15.2. The molecule has 0 aromatic heterocycles. The summed E-state index contributed by atoms with van der Waals surface area (Å²) in [6, 6.07) is 4.69. The van der Waals surface area contributed by atoms with Gasteiger partial charge in [-0.05, 0) is 31.4 Å². The third-order valence-electron chi connectivity index (χ3n) is 5.20. The Labute approximate surface area is 171 Å². The van der Waals surface area contributed by atoms with E-state index in [0.29, 0.717) is 39.1 Å². The summed E-state index contributed by atoms with van der Waals surface area (Å²) in [5, 5.41) is 0.272. The lowest BCUT2D eigenvalue weighted by Crippen LogP contribution is -2.49. The second kappa shape index (κ2) is 9.09. The van der Waals surface area contributed by atoms with Gasteiger partial charge in [-0.25, -0.2) is 8.42 Å². The first-order chi connectivity index (χ1) is 12.9. The highest BCUT2D eigenvalue weighted by molar-refractivity contribution is 7.89. The molecule has 1 aromatic carbocycles. The van der Waals surface area contributed by atoms with Crippen LogP contribution in [0.2, 0.25) is 10.0 Å².